The van der Waals surface area contributed by atoms with E-state index >= 15 is 0 Å². The van der Waals surface area contributed by atoms with Crippen LogP contribution in [0.1, 0.15) is 5.56 Å². The van der Waals surface area contributed by atoms with Crippen molar-refractivity contribution >= 4 is 34.6 Å². The average molecular weight is 244 g/mol. The molecule has 3 nitrogen and oxygen atoms in total. The fourth-order valence-corrected chi connectivity index (χ4v) is 1.37. The molecule has 0 aliphatic rings. The molecule has 5 heteroatoms. The van der Waals surface area contributed by atoms with Crippen LogP contribution in [0.5, 0.6) is 0 Å². The molecule has 0 heterocycles. The molecule has 0 saturated carbocycles. The molecule has 15 heavy (non-hydrogen) atoms. The van der Waals surface area contributed by atoms with Crippen LogP contribution in [-0.4, -0.2) is 24.2 Å². The topological polar surface area (TPSA) is 27.3 Å². The average Bonchev–Trinajstić information content (AvgIpc) is 2.22. The van der Waals surface area contributed by atoms with E-state index in [1.165, 1.54) is 0 Å². The highest BCUT2D eigenvalue weighted by Crippen LogP contribution is 2.19. The van der Waals surface area contributed by atoms with Gasteiger partial charge in [0.05, 0.1) is 0 Å². The molecule has 0 aliphatic heterocycles. The summed E-state index contributed by atoms with van der Waals surface area (Å²) in [6.07, 6.45) is 0. The maximum absolute atomic E-state index is 6.00. The molecule has 0 aliphatic carbocycles. The van der Waals surface area contributed by atoms with Gasteiger partial charge >= 0.3 is 0 Å². The highest BCUT2D eigenvalue weighted by molar-refractivity contribution is 7.80. The van der Waals surface area contributed by atoms with Crippen LogP contribution in [0.2, 0.25) is 5.02 Å². The summed E-state index contributed by atoms with van der Waals surface area (Å²) in [5.41, 5.74) is 4.85. The number of hydrogen-bond donors (Lipinski definition) is 2. The summed E-state index contributed by atoms with van der Waals surface area (Å²) >= 11 is 11.1. The van der Waals surface area contributed by atoms with Gasteiger partial charge in [0.25, 0.3) is 0 Å². The van der Waals surface area contributed by atoms with Gasteiger partial charge in [0.15, 0.2) is 5.11 Å². The number of anilines is 1. The van der Waals surface area contributed by atoms with Crippen LogP contribution in [-0.2, 0) is 0 Å². The van der Waals surface area contributed by atoms with E-state index in [0.29, 0.717) is 5.11 Å². The van der Waals surface area contributed by atoms with Crippen molar-refractivity contribution in [3.05, 3.63) is 28.8 Å². The number of hydrazine groups is 1. The van der Waals surface area contributed by atoms with Gasteiger partial charge in [0, 0.05) is 24.8 Å². The Kier molecular flexibility index (Phi) is 4.32. The summed E-state index contributed by atoms with van der Waals surface area (Å²) in [5, 5.41) is 6.11. The number of nitrogens with zero attached hydrogens (tertiary/aromatic N) is 1. The largest absolute Gasteiger partial charge is 0.331 e. The zero-order valence-corrected chi connectivity index (χ0v) is 10.5. The first-order chi connectivity index (χ1) is 7.04. The minimum absolute atomic E-state index is 0.595. The summed E-state index contributed by atoms with van der Waals surface area (Å²) in [5.74, 6) is 0. The van der Waals surface area contributed by atoms with E-state index in [0.717, 1.165) is 16.3 Å². The van der Waals surface area contributed by atoms with Crippen molar-refractivity contribution in [3.8, 4) is 0 Å². The normalized spacial score (nSPS) is 9.87. The summed E-state index contributed by atoms with van der Waals surface area (Å²) in [7, 11) is 3.64. The highest BCUT2D eigenvalue weighted by atomic mass is 35.5. The SMILES string of the molecule is CNN(C)C(=S)Nc1ccc(C)c(Cl)c1. The predicted molar refractivity (Wildman–Crippen MR) is 69.2 cm³/mol. The molecule has 0 saturated heterocycles. The Morgan fingerprint density at radius 1 is 1.47 bits per heavy atom. The van der Waals surface area contributed by atoms with Gasteiger partial charge in [0.2, 0.25) is 0 Å². The monoisotopic (exact) mass is 243 g/mol. The Labute approximate surface area is 100 Å². The van der Waals surface area contributed by atoms with Crippen molar-refractivity contribution in [2.24, 2.45) is 0 Å². The van der Waals surface area contributed by atoms with Crippen LogP contribution < -0.4 is 10.7 Å². The second-order valence-electron chi connectivity index (χ2n) is 3.18. The van der Waals surface area contributed by atoms with E-state index in [4.69, 9.17) is 23.8 Å². The Morgan fingerprint density at radius 3 is 2.67 bits per heavy atom. The zero-order valence-electron chi connectivity index (χ0n) is 8.97. The zero-order chi connectivity index (χ0) is 11.4. The molecule has 0 fully saturated rings. The quantitative estimate of drug-likeness (QED) is 0.616. The minimum Gasteiger partial charge on any atom is -0.331 e. The van der Waals surface area contributed by atoms with E-state index in [1.54, 1.807) is 12.1 Å². The summed E-state index contributed by atoms with van der Waals surface area (Å²) in [4.78, 5) is 0. The van der Waals surface area contributed by atoms with Crippen molar-refractivity contribution in [1.29, 1.82) is 0 Å². The van der Waals surface area contributed by atoms with Crippen molar-refractivity contribution in [2.75, 3.05) is 19.4 Å². The van der Waals surface area contributed by atoms with Crippen LogP contribution in [0, 0.1) is 6.92 Å². The first-order valence-electron chi connectivity index (χ1n) is 4.53. The van der Waals surface area contributed by atoms with Gasteiger partial charge in [-0.3, -0.25) is 5.01 Å². The van der Waals surface area contributed by atoms with Crippen molar-refractivity contribution < 1.29 is 0 Å². The molecule has 1 aromatic carbocycles. The van der Waals surface area contributed by atoms with Crippen LogP contribution in [0.4, 0.5) is 5.69 Å². The lowest BCUT2D eigenvalue weighted by molar-refractivity contribution is 0.416. The Hall–Kier alpha value is -0.840. The smallest absolute Gasteiger partial charge is 0.187 e. The molecule has 2 N–H and O–H groups in total. The first kappa shape index (κ1) is 12.2. The van der Waals surface area contributed by atoms with Gasteiger partial charge < -0.3 is 5.32 Å². The third kappa shape index (κ3) is 3.34. The maximum atomic E-state index is 6.00. The molecule has 0 bridgehead atoms. The number of benzene rings is 1. The second kappa shape index (κ2) is 5.30. The minimum atomic E-state index is 0.595. The predicted octanol–water partition coefficient (Wildman–Crippen LogP) is 2.41. The molecule has 0 aromatic heterocycles. The van der Waals surface area contributed by atoms with E-state index in [2.05, 4.69) is 10.7 Å². The number of nitrogens with one attached hydrogen (secondary N) is 2. The van der Waals surface area contributed by atoms with E-state index in [-0.39, 0.29) is 0 Å². The van der Waals surface area contributed by atoms with Gasteiger partial charge in [0.1, 0.15) is 0 Å². The number of rotatable bonds is 2. The van der Waals surface area contributed by atoms with Gasteiger partial charge in [-0.1, -0.05) is 17.7 Å². The summed E-state index contributed by atoms with van der Waals surface area (Å²) < 4.78 is 0. The van der Waals surface area contributed by atoms with Crippen molar-refractivity contribution in [2.45, 2.75) is 6.92 Å². The molecule has 82 valence electrons. The fourth-order valence-electron chi connectivity index (χ4n) is 0.979. The van der Waals surface area contributed by atoms with Crippen LogP contribution in [0.3, 0.4) is 0 Å². The highest BCUT2D eigenvalue weighted by Gasteiger charge is 2.03. The second-order valence-corrected chi connectivity index (χ2v) is 3.97. The molecule has 1 rings (SSSR count). The number of halogens is 1. The first-order valence-corrected chi connectivity index (χ1v) is 5.31. The van der Waals surface area contributed by atoms with E-state index < -0.39 is 0 Å². The Balaban J connectivity index is 2.73. The fraction of sp³-hybridized carbons (Fsp3) is 0.300. The van der Waals surface area contributed by atoms with Crippen LogP contribution >= 0.6 is 23.8 Å². The Morgan fingerprint density at radius 2 is 2.13 bits per heavy atom. The summed E-state index contributed by atoms with van der Waals surface area (Å²) in [6, 6.07) is 5.75. The maximum Gasteiger partial charge on any atom is 0.187 e. The lowest BCUT2D eigenvalue weighted by Gasteiger charge is -2.19. The van der Waals surface area contributed by atoms with Gasteiger partial charge in [-0.15, -0.1) is 0 Å². The lowest BCUT2D eigenvalue weighted by atomic mass is 10.2. The molecular weight excluding hydrogens is 230 g/mol. The van der Waals surface area contributed by atoms with Crippen LogP contribution in [0.25, 0.3) is 0 Å². The Bertz CT molecular complexity index is 368. The third-order valence-electron chi connectivity index (χ3n) is 2.06. The summed E-state index contributed by atoms with van der Waals surface area (Å²) in [6.45, 7) is 1.96. The van der Waals surface area contributed by atoms with E-state index in [1.807, 2.05) is 32.2 Å². The van der Waals surface area contributed by atoms with Gasteiger partial charge in [-0.05, 0) is 36.8 Å². The van der Waals surface area contributed by atoms with Gasteiger partial charge in [-0.25, -0.2) is 5.43 Å². The standard InChI is InChI=1S/C10H14ClN3S/c1-7-4-5-8(6-9(7)11)13-10(15)14(3)12-2/h4-6,12H,1-3H3,(H,13,15). The third-order valence-corrected chi connectivity index (χ3v) is 2.85. The lowest BCUT2D eigenvalue weighted by Crippen LogP contribution is -2.39. The van der Waals surface area contributed by atoms with Crippen molar-refractivity contribution in [3.63, 3.8) is 0 Å². The molecule has 0 unspecified atom stereocenters. The number of aryl methyl sites for hydroxylation is 1. The van der Waals surface area contributed by atoms with Crippen LogP contribution in [0.15, 0.2) is 18.2 Å². The molecule has 0 radical (unpaired) electrons. The van der Waals surface area contributed by atoms with Crippen molar-refractivity contribution in [1.82, 2.24) is 10.4 Å². The molecule has 0 spiro atoms. The molecule has 0 atom stereocenters. The number of hydrogen-bond acceptors (Lipinski definition) is 2. The van der Waals surface area contributed by atoms with E-state index in [9.17, 15) is 0 Å². The molecule has 1 aromatic rings. The number of thiocarbonyl (C=S) groups is 1. The molecule has 0 amide bonds. The van der Waals surface area contributed by atoms with Gasteiger partial charge in [-0.2, -0.15) is 0 Å². The molecular formula is C10H14ClN3S.